The van der Waals surface area contributed by atoms with E-state index >= 15 is 0 Å². The highest BCUT2D eigenvalue weighted by Gasteiger charge is 2.35. The van der Waals surface area contributed by atoms with E-state index in [0.717, 1.165) is 18.4 Å². The SMILES string of the molecule is COc1cccc(C2(CN)CCCCC2)c1O. The van der Waals surface area contributed by atoms with Crippen LogP contribution in [0.3, 0.4) is 0 Å². The third-order valence-electron chi connectivity index (χ3n) is 3.99. The lowest BCUT2D eigenvalue weighted by Crippen LogP contribution is -2.37. The summed E-state index contributed by atoms with van der Waals surface area (Å²) in [5.41, 5.74) is 6.88. The Hall–Kier alpha value is -1.22. The van der Waals surface area contributed by atoms with Gasteiger partial charge in [0.2, 0.25) is 0 Å². The molecule has 1 fully saturated rings. The summed E-state index contributed by atoms with van der Waals surface area (Å²) >= 11 is 0. The summed E-state index contributed by atoms with van der Waals surface area (Å²) in [6.07, 6.45) is 5.77. The van der Waals surface area contributed by atoms with Gasteiger partial charge in [-0.3, -0.25) is 0 Å². The predicted octanol–water partition coefficient (Wildman–Crippen LogP) is 2.56. The molecule has 1 aliphatic carbocycles. The molecule has 0 amide bonds. The lowest BCUT2D eigenvalue weighted by atomic mass is 9.69. The fourth-order valence-corrected chi connectivity index (χ4v) is 2.93. The first-order valence-electron chi connectivity index (χ1n) is 6.30. The van der Waals surface area contributed by atoms with Crippen LogP contribution < -0.4 is 10.5 Å². The average molecular weight is 235 g/mol. The quantitative estimate of drug-likeness (QED) is 0.846. The maximum atomic E-state index is 10.3. The number of phenolic OH excluding ortho intramolecular Hbond substituents is 1. The molecule has 2 rings (SSSR count). The van der Waals surface area contributed by atoms with E-state index in [0.29, 0.717) is 12.3 Å². The van der Waals surface area contributed by atoms with Crippen LogP contribution in [0.2, 0.25) is 0 Å². The molecular formula is C14H21NO2. The van der Waals surface area contributed by atoms with Crippen LogP contribution in [0.5, 0.6) is 11.5 Å². The van der Waals surface area contributed by atoms with Gasteiger partial charge in [-0.2, -0.15) is 0 Å². The monoisotopic (exact) mass is 235 g/mol. The van der Waals surface area contributed by atoms with Gasteiger partial charge in [-0.05, 0) is 18.9 Å². The number of hydrogen-bond donors (Lipinski definition) is 2. The molecule has 0 unspecified atom stereocenters. The minimum Gasteiger partial charge on any atom is -0.504 e. The van der Waals surface area contributed by atoms with E-state index in [9.17, 15) is 5.11 Å². The van der Waals surface area contributed by atoms with E-state index in [1.54, 1.807) is 13.2 Å². The van der Waals surface area contributed by atoms with Crippen molar-refractivity contribution in [2.75, 3.05) is 13.7 Å². The summed E-state index contributed by atoms with van der Waals surface area (Å²) < 4.78 is 5.18. The number of para-hydroxylation sites is 1. The maximum Gasteiger partial charge on any atom is 0.161 e. The molecule has 0 aromatic heterocycles. The maximum absolute atomic E-state index is 10.3. The largest absolute Gasteiger partial charge is 0.504 e. The molecule has 0 radical (unpaired) electrons. The summed E-state index contributed by atoms with van der Waals surface area (Å²) in [6, 6.07) is 5.70. The van der Waals surface area contributed by atoms with Crippen molar-refractivity contribution < 1.29 is 9.84 Å². The van der Waals surface area contributed by atoms with Crippen LogP contribution in [0.1, 0.15) is 37.7 Å². The number of methoxy groups -OCH3 is 1. The second-order valence-electron chi connectivity index (χ2n) is 4.90. The standard InChI is InChI=1S/C14H21NO2/c1-17-12-7-5-6-11(13(12)16)14(10-15)8-3-2-4-9-14/h5-7,16H,2-4,8-10,15H2,1H3. The highest BCUT2D eigenvalue weighted by Crippen LogP contribution is 2.45. The van der Waals surface area contributed by atoms with Crippen molar-refractivity contribution in [3.8, 4) is 11.5 Å². The van der Waals surface area contributed by atoms with Gasteiger partial charge in [0, 0.05) is 17.5 Å². The van der Waals surface area contributed by atoms with E-state index in [4.69, 9.17) is 10.5 Å². The number of hydrogen-bond acceptors (Lipinski definition) is 3. The van der Waals surface area contributed by atoms with Gasteiger partial charge in [-0.15, -0.1) is 0 Å². The first-order chi connectivity index (χ1) is 8.23. The Balaban J connectivity index is 2.43. The van der Waals surface area contributed by atoms with Gasteiger partial charge in [-0.25, -0.2) is 0 Å². The molecule has 0 atom stereocenters. The molecule has 1 aliphatic rings. The smallest absolute Gasteiger partial charge is 0.161 e. The van der Waals surface area contributed by atoms with Crippen LogP contribution in [-0.2, 0) is 5.41 Å². The number of phenols is 1. The second-order valence-corrected chi connectivity index (χ2v) is 4.90. The van der Waals surface area contributed by atoms with Gasteiger partial charge in [0.15, 0.2) is 11.5 Å². The predicted molar refractivity (Wildman–Crippen MR) is 68.5 cm³/mol. The molecule has 0 spiro atoms. The first-order valence-corrected chi connectivity index (χ1v) is 6.30. The van der Waals surface area contributed by atoms with Gasteiger partial charge in [0.25, 0.3) is 0 Å². The van der Waals surface area contributed by atoms with Crippen LogP contribution in [0.4, 0.5) is 0 Å². The van der Waals surface area contributed by atoms with Crippen molar-refractivity contribution in [1.82, 2.24) is 0 Å². The number of benzene rings is 1. The molecule has 0 saturated heterocycles. The summed E-state index contributed by atoms with van der Waals surface area (Å²) in [6.45, 7) is 0.591. The zero-order valence-electron chi connectivity index (χ0n) is 10.4. The Kier molecular flexibility index (Phi) is 3.57. The van der Waals surface area contributed by atoms with Crippen LogP contribution in [-0.4, -0.2) is 18.8 Å². The first kappa shape index (κ1) is 12.2. The van der Waals surface area contributed by atoms with E-state index in [-0.39, 0.29) is 11.2 Å². The zero-order valence-corrected chi connectivity index (χ0v) is 10.4. The van der Waals surface area contributed by atoms with Gasteiger partial charge >= 0.3 is 0 Å². The van der Waals surface area contributed by atoms with Gasteiger partial charge in [0.1, 0.15) is 0 Å². The molecule has 3 heteroatoms. The van der Waals surface area contributed by atoms with Crippen molar-refractivity contribution in [3.63, 3.8) is 0 Å². The Bertz CT molecular complexity index is 384. The third-order valence-corrected chi connectivity index (χ3v) is 3.99. The van der Waals surface area contributed by atoms with Crippen molar-refractivity contribution in [2.45, 2.75) is 37.5 Å². The molecular weight excluding hydrogens is 214 g/mol. The lowest BCUT2D eigenvalue weighted by molar-refractivity contribution is 0.285. The molecule has 1 saturated carbocycles. The molecule has 0 bridgehead atoms. The summed E-state index contributed by atoms with van der Waals surface area (Å²) in [5.74, 6) is 0.809. The van der Waals surface area contributed by atoms with Crippen molar-refractivity contribution in [1.29, 1.82) is 0 Å². The summed E-state index contributed by atoms with van der Waals surface area (Å²) in [4.78, 5) is 0. The second kappa shape index (κ2) is 4.96. The van der Waals surface area contributed by atoms with Gasteiger partial charge in [-0.1, -0.05) is 31.4 Å². The average Bonchev–Trinajstić information content (AvgIpc) is 2.40. The van der Waals surface area contributed by atoms with Gasteiger partial charge in [0.05, 0.1) is 7.11 Å². The normalized spacial score (nSPS) is 18.9. The minimum absolute atomic E-state index is 0.0587. The van der Waals surface area contributed by atoms with Crippen LogP contribution in [0.25, 0.3) is 0 Å². The van der Waals surface area contributed by atoms with E-state index in [1.807, 2.05) is 12.1 Å². The number of ether oxygens (including phenoxy) is 1. The van der Waals surface area contributed by atoms with E-state index < -0.39 is 0 Å². The van der Waals surface area contributed by atoms with Crippen molar-refractivity contribution >= 4 is 0 Å². The Morgan fingerprint density at radius 3 is 2.59 bits per heavy atom. The highest BCUT2D eigenvalue weighted by atomic mass is 16.5. The van der Waals surface area contributed by atoms with E-state index in [2.05, 4.69) is 0 Å². The number of nitrogens with two attached hydrogens (primary N) is 1. The molecule has 94 valence electrons. The molecule has 1 aromatic rings. The highest BCUT2D eigenvalue weighted by molar-refractivity contribution is 5.49. The third kappa shape index (κ3) is 2.12. The molecule has 3 N–H and O–H groups in total. The minimum atomic E-state index is -0.0587. The molecule has 17 heavy (non-hydrogen) atoms. The topological polar surface area (TPSA) is 55.5 Å². The zero-order chi connectivity index (χ0) is 12.3. The Labute approximate surface area is 103 Å². The number of aromatic hydroxyl groups is 1. The molecule has 1 aromatic carbocycles. The van der Waals surface area contributed by atoms with Gasteiger partial charge < -0.3 is 15.6 Å². The summed E-state index contributed by atoms with van der Waals surface area (Å²) in [7, 11) is 1.58. The van der Waals surface area contributed by atoms with E-state index in [1.165, 1.54) is 19.3 Å². The number of rotatable bonds is 3. The van der Waals surface area contributed by atoms with Crippen LogP contribution in [0, 0.1) is 0 Å². The van der Waals surface area contributed by atoms with Crippen molar-refractivity contribution in [2.24, 2.45) is 5.73 Å². The fourth-order valence-electron chi connectivity index (χ4n) is 2.93. The van der Waals surface area contributed by atoms with Crippen LogP contribution >= 0.6 is 0 Å². The fraction of sp³-hybridized carbons (Fsp3) is 0.571. The lowest BCUT2D eigenvalue weighted by Gasteiger charge is -2.37. The Morgan fingerprint density at radius 2 is 2.00 bits per heavy atom. The van der Waals surface area contributed by atoms with Crippen molar-refractivity contribution in [3.05, 3.63) is 23.8 Å². The molecule has 0 aliphatic heterocycles. The Morgan fingerprint density at radius 1 is 1.29 bits per heavy atom. The van der Waals surface area contributed by atoms with Crippen LogP contribution in [0.15, 0.2) is 18.2 Å². The molecule has 0 heterocycles. The molecule has 3 nitrogen and oxygen atoms in total. The summed E-state index contributed by atoms with van der Waals surface area (Å²) in [5, 5.41) is 10.3.